The number of carbonyl (C=O) groups excluding carboxylic acids is 2. The topological polar surface area (TPSA) is 46.2 Å². The summed E-state index contributed by atoms with van der Waals surface area (Å²) in [6, 6.07) is 0. The van der Waals surface area contributed by atoms with Gasteiger partial charge in [-0.05, 0) is 6.42 Å². The standard InChI is InChI=1S/C11H21NO2/c1-5-10(13)9(4)6-7-12-11(14)8(2)3/h8-9H,5-7H2,1-4H3,(H,12,14). The molecule has 82 valence electrons. The summed E-state index contributed by atoms with van der Waals surface area (Å²) in [5.41, 5.74) is 0. The molecule has 0 rings (SSSR count). The zero-order valence-corrected chi connectivity index (χ0v) is 9.59. The molecule has 0 aliphatic carbocycles. The number of rotatable bonds is 6. The molecule has 1 unspecified atom stereocenters. The second-order valence-electron chi connectivity index (χ2n) is 3.96. The highest BCUT2D eigenvalue weighted by Crippen LogP contribution is 2.04. The summed E-state index contributed by atoms with van der Waals surface area (Å²) in [6.45, 7) is 8.09. The van der Waals surface area contributed by atoms with Gasteiger partial charge in [0.2, 0.25) is 5.91 Å². The molecule has 14 heavy (non-hydrogen) atoms. The highest BCUT2D eigenvalue weighted by atomic mass is 16.1. The molecule has 0 saturated carbocycles. The Bertz CT molecular complexity index is 199. The smallest absolute Gasteiger partial charge is 0.222 e. The molecule has 1 amide bonds. The fourth-order valence-corrected chi connectivity index (χ4v) is 1.13. The van der Waals surface area contributed by atoms with E-state index in [0.717, 1.165) is 6.42 Å². The summed E-state index contributed by atoms with van der Waals surface area (Å²) >= 11 is 0. The molecule has 0 bridgehead atoms. The highest BCUT2D eigenvalue weighted by molar-refractivity contribution is 5.80. The number of hydrogen-bond donors (Lipinski definition) is 1. The van der Waals surface area contributed by atoms with Crippen LogP contribution in [0.3, 0.4) is 0 Å². The van der Waals surface area contributed by atoms with Crippen LogP contribution in [-0.2, 0) is 9.59 Å². The van der Waals surface area contributed by atoms with Gasteiger partial charge in [0.05, 0.1) is 0 Å². The molecule has 0 heterocycles. The van der Waals surface area contributed by atoms with E-state index in [1.54, 1.807) is 0 Å². The fourth-order valence-electron chi connectivity index (χ4n) is 1.13. The Hall–Kier alpha value is -0.860. The summed E-state index contributed by atoms with van der Waals surface area (Å²) in [6.07, 6.45) is 1.32. The van der Waals surface area contributed by atoms with Crippen LogP contribution in [0, 0.1) is 11.8 Å². The molecular weight excluding hydrogens is 178 g/mol. The van der Waals surface area contributed by atoms with Crippen molar-refractivity contribution >= 4 is 11.7 Å². The van der Waals surface area contributed by atoms with Gasteiger partial charge in [-0.15, -0.1) is 0 Å². The van der Waals surface area contributed by atoms with E-state index in [9.17, 15) is 9.59 Å². The molecule has 0 aromatic heterocycles. The minimum absolute atomic E-state index is 0.0205. The summed E-state index contributed by atoms with van der Waals surface area (Å²) in [5.74, 6) is 0.407. The average Bonchev–Trinajstić information content (AvgIpc) is 2.15. The first-order valence-electron chi connectivity index (χ1n) is 5.29. The number of amides is 1. The van der Waals surface area contributed by atoms with Gasteiger partial charge in [0.15, 0.2) is 0 Å². The fraction of sp³-hybridized carbons (Fsp3) is 0.818. The van der Waals surface area contributed by atoms with E-state index in [1.165, 1.54) is 0 Å². The second-order valence-corrected chi connectivity index (χ2v) is 3.96. The van der Waals surface area contributed by atoms with Crippen molar-refractivity contribution in [2.24, 2.45) is 11.8 Å². The molecule has 3 nitrogen and oxygen atoms in total. The molecule has 0 spiro atoms. The Morgan fingerprint density at radius 3 is 2.21 bits per heavy atom. The predicted molar refractivity (Wildman–Crippen MR) is 56.9 cm³/mol. The van der Waals surface area contributed by atoms with Crippen molar-refractivity contribution in [1.29, 1.82) is 0 Å². The van der Waals surface area contributed by atoms with Crippen LogP contribution >= 0.6 is 0 Å². The first-order valence-corrected chi connectivity index (χ1v) is 5.29. The molecule has 0 aromatic carbocycles. The van der Waals surface area contributed by atoms with Gasteiger partial charge in [0.1, 0.15) is 5.78 Å². The van der Waals surface area contributed by atoms with Gasteiger partial charge in [-0.1, -0.05) is 27.7 Å². The first kappa shape index (κ1) is 13.1. The van der Waals surface area contributed by atoms with Crippen LogP contribution in [0.4, 0.5) is 0 Å². The Balaban J connectivity index is 3.64. The molecule has 0 saturated heterocycles. The Kier molecular flexibility index (Phi) is 6.17. The Labute approximate surface area is 86.3 Å². The molecule has 0 aromatic rings. The van der Waals surface area contributed by atoms with E-state index >= 15 is 0 Å². The van der Waals surface area contributed by atoms with Crippen molar-refractivity contribution in [1.82, 2.24) is 5.32 Å². The second kappa shape index (κ2) is 6.57. The van der Waals surface area contributed by atoms with Gasteiger partial charge >= 0.3 is 0 Å². The van der Waals surface area contributed by atoms with Crippen molar-refractivity contribution in [3.63, 3.8) is 0 Å². The van der Waals surface area contributed by atoms with Gasteiger partial charge in [0.25, 0.3) is 0 Å². The quantitative estimate of drug-likeness (QED) is 0.708. The molecule has 0 fully saturated rings. The normalized spacial score (nSPS) is 12.6. The number of Topliss-reactive ketones (excluding diaryl/α,β-unsaturated/α-hetero) is 1. The highest BCUT2D eigenvalue weighted by Gasteiger charge is 2.11. The maximum Gasteiger partial charge on any atom is 0.222 e. The predicted octanol–water partition coefficient (Wildman–Crippen LogP) is 1.76. The van der Waals surface area contributed by atoms with Crippen molar-refractivity contribution < 1.29 is 9.59 Å². The maximum absolute atomic E-state index is 11.2. The van der Waals surface area contributed by atoms with E-state index in [4.69, 9.17) is 0 Å². The number of nitrogens with one attached hydrogen (secondary N) is 1. The lowest BCUT2D eigenvalue weighted by Gasteiger charge is -2.11. The zero-order valence-electron chi connectivity index (χ0n) is 9.59. The van der Waals surface area contributed by atoms with E-state index in [0.29, 0.717) is 13.0 Å². The molecule has 0 radical (unpaired) electrons. The maximum atomic E-state index is 11.2. The molecular formula is C11H21NO2. The number of hydrogen-bond acceptors (Lipinski definition) is 2. The lowest BCUT2D eigenvalue weighted by Crippen LogP contribution is -2.30. The number of carbonyl (C=O) groups is 2. The Morgan fingerprint density at radius 2 is 1.79 bits per heavy atom. The lowest BCUT2D eigenvalue weighted by atomic mass is 10.0. The third-order valence-electron chi connectivity index (χ3n) is 2.30. The van der Waals surface area contributed by atoms with Crippen molar-refractivity contribution in [3.8, 4) is 0 Å². The van der Waals surface area contributed by atoms with Crippen molar-refractivity contribution in [2.45, 2.75) is 40.5 Å². The van der Waals surface area contributed by atoms with Gasteiger partial charge in [0, 0.05) is 24.8 Å². The minimum atomic E-state index is 0.0205. The molecule has 0 aliphatic rings. The summed E-state index contributed by atoms with van der Waals surface area (Å²) < 4.78 is 0. The SMILES string of the molecule is CCC(=O)C(C)CCNC(=O)C(C)C. The van der Waals surface area contributed by atoms with E-state index < -0.39 is 0 Å². The third kappa shape index (κ3) is 5.00. The van der Waals surface area contributed by atoms with Crippen molar-refractivity contribution in [3.05, 3.63) is 0 Å². The van der Waals surface area contributed by atoms with Crippen LogP contribution in [0.15, 0.2) is 0 Å². The van der Waals surface area contributed by atoms with Crippen LogP contribution < -0.4 is 5.32 Å². The first-order chi connectivity index (χ1) is 6.49. The minimum Gasteiger partial charge on any atom is -0.356 e. The van der Waals surface area contributed by atoms with E-state index in [2.05, 4.69) is 5.32 Å². The van der Waals surface area contributed by atoms with Crippen LogP contribution in [0.5, 0.6) is 0 Å². The summed E-state index contributed by atoms with van der Waals surface area (Å²) in [5, 5.41) is 2.80. The zero-order chi connectivity index (χ0) is 11.1. The summed E-state index contributed by atoms with van der Waals surface area (Å²) in [7, 11) is 0. The average molecular weight is 199 g/mol. The third-order valence-corrected chi connectivity index (χ3v) is 2.30. The van der Waals surface area contributed by atoms with Gasteiger partial charge < -0.3 is 5.32 Å². The largest absolute Gasteiger partial charge is 0.356 e. The molecule has 3 heteroatoms. The Morgan fingerprint density at radius 1 is 1.21 bits per heavy atom. The van der Waals surface area contributed by atoms with Crippen molar-refractivity contribution in [2.75, 3.05) is 6.54 Å². The van der Waals surface area contributed by atoms with Gasteiger partial charge in [-0.2, -0.15) is 0 Å². The van der Waals surface area contributed by atoms with Gasteiger partial charge in [-0.3, -0.25) is 9.59 Å². The van der Waals surface area contributed by atoms with E-state index in [-0.39, 0.29) is 23.5 Å². The van der Waals surface area contributed by atoms with Crippen LogP contribution in [0.1, 0.15) is 40.5 Å². The van der Waals surface area contributed by atoms with E-state index in [1.807, 2.05) is 27.7 Å². The van der Waals surface area contributed by atoms with Crippen LogP contribution in [0.2, 0.25) is 0 Å². The molecule has 1 N–H and O–H groups in total. The summed E-state index contributed by atoms with van der Waals surface area (Å²) in [4.78, 5) is 22.4. The van der Waals surface area contributed by atoms with Crippen LogP contribution in [-0.4, -0.2) is 18.2 Å². The van der Waals surface area contributed by atoms with Crippen LogP contribution in [0.25, 0.3) is 0 Å². The monoisotopic (exact) mass is 199 g/mol. The molecule has 0 aliphatic heterocycles. The number of ketones is 1. The lowest BCUT2D eigenvalue weighted by molar-refractivity contribution is -0.125. The molecule has 1 atom stereocenters. The van der Waals surface area contributed by atoms with Gasteiger partial charge in [-0.25, -0.2) is 0 Å².